The van der Waals surface area contributed by atoms with Gasteiger partial charge in [0, 0.05) is 12.4 Å². The second-order valence-electron chi connectivity index (χ2n) is 5.14. The molecule has 0 radical (unpaired) electrons. The fourth-order valence-electron chi connectivity index (χ4n) is 2.91. The van der Waals surface area contributed by atoms with Crippen LogP contribution in [0.1, 0.15) is 77.2 Å². The minimum Gasteiger partial charge on any atom is -0.265 e. The van der Waals surface area contributed by atoms with Crippen molar-refractivity contribution in [1.82, 2.24) is 4.98 Å². The van der Waals surface area contributed by atoms with Crippen molar-refractivity contribution >= 4 is 0 Å². The summed E-state index contributed by atoms with van der Waals surface area (Å²) in [5, 5.41) is 0. The average Bonchev–Trinajstić information content (AvgIpc) is 2.49. The summed E-state index contributed by atoms with van der Waals surface area (Å²) >= 11 is 0. The van der Waals surface area contributed by atoms with Crippen molar-refractivity contribution in [1.29, 1.82) is 0 Å². The van der Waals surface area contributed by atoms with Crippen LogP contribution >= 0.6 is 0 Å². The molecule has 0 unspecified atom stereocenters. The Morgan fingerprint density at radius 3 is 2.22 bits per heavy atom. The predicted molar refractivity (Wildman–Crippen MR) is 79.8 cm³/mol. The summed E-state index contributed by atoms with van der Waals surface area (Å²) in [6, 6.07) is 4.38. The number of hydrogen-bond acceptors (Lipinski definition) is 1. The molecule has 1 nitrogen and oxygen atoms in total. The van der Waals surface area contributed by atoms with E-state index in [1.807, 2.05) is 26.2 Å². The Kier molecular flexibility index (Phi) is 7.71. The highest BCUT2D eigenvalue weighted by molar-refractivity contribution is 5.16. The van der Waals surface area contributed by atoms with E-state index in [2.05, 4.69) is 24.0 Å². The second-order valence-corrected chi connectivity index (χ2v) is 5.14. The van der Waals surface area contributed by atoms with Gasteiger partial charge in [0.25, 0.3) is 0 Å². The lowest BCUT2D eigenvalue weighted by atomic mass is 9.77. The third kappa shape index (κ3) is 4.80. The molecule has 0 bridgehead atoms. The largest absolute Gasteiger partial charge is 0.265 e. The summed E-state index contributed by atoms with van der Waals surface area (Å²) in [5.41, 5.74) is 1.50. The molecule has 0 aromatic carbocycles. The Bertz CT molecular complexity index is 286. The van der Waals surface area contributed by atoms with Crippen molar-refractivity contribution in [2.24, 2.45) is 5.92 Å². The number of nitrogens with zero attached hydrogens (tertiary/aromatic N) is 1. The number of pyridine rings is 1. The molecule has 1 aliphatic rings. The molecule has 1 heteroatoms. The molecule has 1 fully saturated rings. The number of rotatable bonds is 4. The van der Waals surface area contributed by atoms with Gasteiger partial charge in [-0.25, -0.2) is 0 Å². The number of unbranched alkanes of at least 4 members (excludes halogenated alkanes) is 1. The van der Waals surface area contributed by atoms with Crippen LogP contribution in [0.5, 0.6) is 0 Å². The van der Waals surface area contributed by atoms with Gasteiger partial charge < -0.3 is 0 Å². The van der Waals surface area contributed by atoms with Crippen LogP contribution in [0.25, 0.3) is 0 Å². The molecule has 0 aliphatic heterocycles. The van der Waals surface area contributed by atoms with Crippen molar-refractivity contribution in [3.05, 3.63) is 30.1 Å². The van der Waals surface area contributed by atoms with Crippen molar-refractivity contribution in [3.8, 4) is 0 Å². The number of aromatic nitrogens is 1. The van der Waals surface area contributed by atoms with E-state index in [1.165, 1.54) is 50.5 Å². The molecule has 0 amide bonds. The standard InChI is InChI=1S/C15H23N.C2H6/c1-2-3-4-13-5-7-14(8-6-13)15-9-11-16-12-10-15;1-2/h9-14H,2-8H2,1H3;1-2H3. The van der Waals surface area contributed by atoms with Crippen molar-refractivity contribution in [3.63, 3.8) is 0 Å². The van der Waals surface area contributed by atoms with Crippen molar-refractivity contribution in [2.75, 3.05) is 0 Å². The Balaban J connectivity index is 0.000000771. The molecule has 2 rings (SSSR count). The van der Waals surface area contributed by atoms with Gasteiger partial charge in [-0.3, -0.25) is 4.98 Å². The van der Waals surface area contributed by atoms with Gasteiger partial charge in [-0.1, -0.05) is 40.0 Å². The Morgan fingerprint density at radius 2 is 1.67 bits per heavy atom. The van der Waals surface area contributed by atoms with Gasteiger partial charge in [-0.05, 0) is 55.2 Å². The lowest BCUT2D eigenvalue weighted by Gasteiger charge is -2.28. The summed E-state index contributed by atoms with van der Waals surface area (Å²) in [6.07, 6.45) is 13.7. The molecule has 0 atom stereocenters. The van der Waals surface area contributed by atoms with Gasteiger partial charge in [-0.2, -0.15) is 0 Å². The Labute approximate surface area is 113 Å². The molecule has 102 valence electrons. The fourth-order valence-corrected chi connectivity index (χ4v) is 2.91. The van der Waals surface area contributed by atoms with E-state index in [4.69, 9.17) is 0 Å². The molecule has 0 saturated heterocycles. The molecular formula is C17H29N. The second kappa shape index (κ2) is 9.13. The third-order valence-electron chi connectivity index (χ3n) is 3.99. The lowest BCUT2D eigenvalue weighted by molar-refractivity contribution is 0.304. The van der Waals surface area contributed by atoms with Gasteiger partial charge in [0.15, 0.2) is 0 Å². The molecule has 18 heavy (non-hydrogen) atoms. The quantitative estimate of drug-likeness (QED) is 0.677. The smallest absolute Gasteiger partial charge is 0.0270 e. The molecule has 1 heterocycles. The average molecular weight is 247 g/mol. The zero-order valence-corrected chi connectivity index (χ0v) is 12.4. The minimum atomic E-state index is 0.806. The van der Waals surface area contributed by atoms with Crippen LogP contribution in [-0.2, 0) is 0 Å². The van der Waals surface area contributed by atoms with E-state index in [0.29, 0.717) is 0 Å². The van der Waals surface area contributed by atoms with Crippen LogP contribution < -0.4 is 0 Å². The van der Waals surface area contributed by atoms with Crippen LogP contribution in [0, 0.1) is 5.92 Å². The van der Waals surface area contributed by atoms with Crippen LogP contribution in [0.15, 0.2) is 24.5 Å². The highest BCUT2D eigenvalue weighted by Gasteiger charge is 2.21. The third-order valence-corrected chi connectivity index (χ3v) is 3.99. The normalized spacial score (nSPS) is 23.1. The maximum Gasteiger partial charge on any atom is 0.0270 e. The van der Waals surface area contributed by atoms with E-state index in [9.17, 15) is 0 Å². The van der Waals surface area contributed by atoms with Gasteiger partial charge in [0.1, 0.15) is 0 Å². The summed E-state index contributed by atoms with van der Waals surface area (Å²) in [4.78, 5) is 4.10. The summed E-state index contributed by atoms with van der Waals surface area (Å²) in [7, 11) is 0. The molecule has 0 spiro atoms. The first kappa shape index (κ1) is 15.2. The molecule has 1 saturated carbocycles. The maximum atomic E-state index is 4.10. The molecule has 1 aromatic heterocycles. The first-order valence-electron chi connectivity index (χ1n) is 7.80. The maximum absolute atomic E-state index is 4.10. The first-order chi connectivity index (χ1) is 8.90. The van der Waals surface area contributed by atoms with Crippen LogP contribution in [-0.4, -0.2) is 4.98 Å². The van der Waals surface area contributed by atoms with E-state index in [-0.39, 0.29) is 0 Å². The van der Waals surface area contributed by atoms with Crippen LogP contribution in [0.4, 0.5) is 0 Å². The highest BCUT2D eigenvalue weighted by Crippen LogP contribution is 2.37. The summed E-state index contributed by atoms with van der Waals surface area (Å²) in [5.74, 6) is 1.82. The predicted octanol–water partition coefficient (Wildman–Crippen LogP) is 5.57. The topological polar surface area (TPSA) is 12.9 Å². The molecule has 0 N–H and O–H groups in total. The molecule has 1 aliphatic carbocycles. The van der Waals surface area contributed by atoms with Crippen LogP contribution in [0.3, 0.4) is 0 Å². The lowest BCUT2D eigenvalue weighted by Crippen LogP contribution is -2.13. The highest BCUT2D eigenvalue weighted by atomic mass is 14.6. The fraction of sp³-hybridized carbons (Fsp3) is 0.706. The Morgan fingerprint density at radius 1 is 1.06 bits per heavy atom. The molecule has 1 aromatic rings. The monoisotopic (exact) mass is 247 g/mol. The van der Waals surface area contributed by atoms with E-state index in [0.717, 1.165) is 11.8 Å². The first-order valence-corrected chi connectivity index (χ1v) is 7.80. The SMILES string of the molecule is CC.CCCCC1CCC(c2ccncc2)CC1. The number of hydrogen-bond donors (Lipinski definition) is 0. The molecular weight excluding hydrogens is 218 g/mol. The van der Waals surface area contributed by atoms with Crippen LogP contribution in [0.2, 0.25) is 0 Å². The van der Waals surface area contributed by atoms with Gasteiger partial charge in [0.2, 0.25) is 0 Å². The zero-order chi connectivity index (χ0) is 13.2. The van der Waals surface area contributed by atoms with Gasteiger partial charge in [0.05, 0.1) is 0 Å². The van der Waals surface area contributed by atoms with Gasteiger partial charge in [-0.15, -0.1) is 0 Å². The van der Waals surface area contributed by atoms with E-state index in [1.54, 1.807) is 0 Å². The van der Waals surface area contributed by atoms with Crippen molar-refractivity contribution < 1.29 is 0 Å². The minimum absolute atomic E-state index is 0.806. The van der Waals surface area contributed by atoms with E-state index < -0.39 is 0 Å². The van der Waals surface area contributed by atoms with Crippen molar-refractivity contribution in [2.45, 2.75) is 71.6 Å². The summed E-state index contributed by atoms with van der Waals surface area (Å²) < 4.78 is 0. The summed E-state index contributed by atoms with van der Waals surface area (Å²) in [6.45, 7) is 6.29. The zero-order valence-electron chi connectivity index (χ0n) is 12.4. The Hall–Kier alpha value is -0.850. The van der Waals surface area contributed by atoms with E-state index >= 15 is 0 Å². The van der Waals surface area contributed by atoms with Gasteiger partial charge >= 0.3 is 0 Å².